The molecule has 0 aromatic heterocycles. The van der Waals surface area contributed by atoms with Gasteiger partial charge in [-0.3, -0.25) is 14.9 Å². The SMILES string of the molecule is CCCCCCCCCCCCCCCC(CCNC(=O)c1ccccc1)[N+](=O)[O-]. The number of nitro groups is 1. The Balaban J connectivity index is 2.00. The van der Waals surface area contributed by atoms with E-state index in [9.17, 15) is 14.9 Å². The van der Waals surface area contributed by atoms with Crippen molar-refractivity contribution in [1.82, 2.24) is 5.32 Å². The van der Waals surface area contributed by atoms with Crippen LogP contribution in [0.2, 0.25) is 0 Å². The second kappa shape index (κ2) is 17.9. The summed E-state index contributed by atoms with van der Waals surface area (Å²) in [5.41, 5.74) is 0.589. The van der Waals surface area contributed by atoms with Crippen LogP contribution < -0.4 is 5.32 Å². The number of amides is 1. The molecule has 0 fully saturated rings. The molecule has 30 heavy (non-hydrogen) atoms. The molecule has 1 rings (SSSR count). The summed E-state index contributed by atoms with van der Waals surface area (Å²) in [6.07, 6.45) is 17.6. The Morgan fingerprint density at radius 1 is 0.833 bits per heavy atom. The second-order valence-electron chi connectivity index (χ2n) is 8.38. The van der Waals surface area contributed by atoms with E-state index in [1.165, 1.54) is 70.6 Å². The summed E-state index contributed by atoms with van der Waals surface area (Å²) in [6, 6.07) is 8.40. The minimum Gasteiger partial charge on any atom is -0.352 e. The number of unbranched alkanes of at least 4 members (excludes halogenated alkanes) is 12. The van der Waals surface area contributed by atoms with Crippen LogP contribution >= 0.6 is 0 Å². The molecule has 0 aliphatic rings. The molecular weight excluding hydrogens is 376 g/mol. The Morgan fingerprint density at radius 3 is 1.83 bits per heavy atom. The number of hydrogen-bond donors (Lipinski definition) is 1. The topological polar surface area (TPSA) is 72.2 Å². The highest BCUT2D eigenvalue weighted by atomic mass is 16.6. The number of carbonyl (C=O) groups excluding carboxylic acids is 1. The monoisotopic (exact) mass is 418 g/mol. The van der Waals surface area contributed by atoms with E-state index in [4.69, 9.17) is 0 Å². The maximum atomic E-state index is 12.0. The normalized spacial score (nSPS) is 11.9. The fourth-order valence-electron chi connectivity index (χ4n) is 3.80. The molecule has 0 radical (unpaired) electrons. The fraction of sp³-hybridized carbons (Fsp3) is 0.720. The van der Waals surface area contributed by atoms with E-state index >= 15 is 0 Å². The molecule has 170 valence electrons. The van der Waals surface area contributed by atoms with Crippen LogP contribution in [0.15, 0.2) is 30.3 Å². The first-order valence-corrected chi connectivity index (χ1v) is 12.1. The van der Waals surface area contributed by atoms with Crippen LogP contribution in [0.25, 0.3) is 0 Å². The molecule has 1 unspecified atom stereocenters. The first kappa shape index (κ1) is 26.1. The van der Waals surface area contributed by atoms with Gasteiger partial charge < -0.3 is 5.32 Å². The number of carbonyl (C=O) groups is 1. The van der Waals surface area contributed by atoms with Crippen LogP contribution in [0.4, 0.5) is 0 Å². The summed E-state index contributed by atoms with van der Waals surface area (Å²) in [5.74, 6) is -0.168. The van der Waals surface area contributed by atoms with Crippen molar-refractivity contribution < 1.29 is 9.72 Å². The molecule has 0 heterocycles. The zero-order valence-corrected chi connectivity index (χ0v) is 18.9. The van der Waals surface area contributed by atoms with Crippen molar-refractivity contribution in [2.75, 3.05) is 6.54 Å². The zero-order chi connectivity index (χ0) is 21.9. The van der Waals surface area contributed by atoms with E-state index < -0.39 is 6.04 Å². The van der Waals surface area contributed by atoms with Gasteiger partial charge in [0.1, 0.15) is 0 Å². The van der Waals surface area contributed by atoms with Gasteiger partial charge in [-0.05, 0) is 18.6 Å². The first-order chi connectivity index (χ1) is 14.6. The quantitative estimate of drug-likeness (QED) is 0.150. The van der Waals surface area contributed by atoms with Crippen molar-refractivity contribution in [2.45, 2.75) is 109 Å². The molecule has 5 heteroatoms. The zero-order valence-electron chi connectivity index (χ0n) is 18.9. The molecule has 1 aromatic carbocycles. The average molecular weight is 419 g/mol. The van der Waals surface area contributed by atoms with Gasteiger partial charge in [-0.1, -0.05) is 102 Å². The van der Waals surface area contributed by atoms with Crippen LogP contribution in [0.3, 0.4) is 0 Å². The lowest BCUT2D eigenvalue weighted by Crippen LogP contribution is -2.30. The molecule has 0 bridgehead atoms. The average Bonchev–Trinajstić information content (AvgIpc) is 2.76. The Labute approximate surface area is 183 Å². The van der Waals surface area contributed by atoms with E-state index in [1.807, 2.05) is 18.2 Å². The maximum Gasteiger partial charge on any atom is 0.251 e. The predicted octanol–water partition coefficient (Wildman–Crippen LogP) is 6.93. The van der Waals surface area contributed by atoms with E-state index in [-0.39, 0.29) is 10.8 Å². The molecule has 1 atom stereocenters. The predicted molar refractivity (Wildman–Crippen MR) is 124 cm³/mol. The summed E-state index contributed by atoms with van der Waals surface area (Å²) in [6.45, 7) is 2.60. The van der Waals surface area contributed by atoms with Gasteiger partial charge in [-0.2, -0.15) is 0 Å². The first-order valence-electron chi connectivity index (χ1n) is 12.1. The van der Waals surface area contributed by atoms with E-state index in [2.05, 4.69) is 12.2 Å². The minimum atomic E-state index is -0.561. The highest BCUT2D eigenvalue weighted by Crippen LogP contribution is 2.14. The lowest BCUT2D eigenvalue weighted by Gasteiger charge is -2.10. The van der Waals surface area contributed by atoms with E-state index in [1.54, 1.807) is 12.1 Å². The standard InChI is InChI=1S/C25H42N2O3/c1-2-3-4-5-6-7-8-9-10-11-12-13-17-20-24(27(29)30)21-22-26-25(28)23-18-15-14-16-19-23/h14-16,18-19,24H,2-13,17,20-22H2,1H3,(H,26,28). The van der Waals surface area contributed by atoms with Crippen LogP contribution in [0, 0.1) is 10.1 Å². The Hall–Kier alpha value is -1.91. The summed E-state index contributed by atoms with van der Waals surface area (Å²) >= 11 is 0. The van der Waals surface area contributed by atoms with Crippen molar-refractivity contribution >= 4 is 5.91 Å². The largest absolute Gasteiger partial charge is 0.352 e. The van der Waals surface area contributed by atoms with Crippen molar-refractivity contribution in [2.24, 2.45) is 0 Å². The summed E-state index contributed by atoms with van der Waals surface area (Å²) in [7, 11) is 0. The lowest BCUT2D eigenvalue weighted by molar-refractivity contribution is -0.524. The van der Waals surface area contributed by atoms with Crippen molar-refractivity contribution in [3.8, 4) is 0 Å². The molecule has 0 aliphatic carbocycles. The minimum absolute atomic E-state index is 0.168. The summed E-state index contributed by atoms with van der Waals surface area (Å²) < 4.78 is 0. The molecule has 0 saturated carbocycles. The maximum absolute atomic E-state index is 12.0. The molecule has 0 spiro atoms. The fourth-order valence-corrected chi connectivity index (χ4v) is 3.80. The van der Waals surface area contributed by atoms with Crippen LogP contribution in [0.1, 0.15) is 114 Å². The molecule has 0 saturated heterocycles. The number of hydrogen-bond acceptors (Lipinski definition) is 3. The van der Waals surface area contributed by atoms with Crippen LogP contribution in [0.5, 0.6) is 0 Å². The third-order valence-electron chi connectivity index (χ3n) is 5.74. The third-order valence-corrected chi connectivity index (χ3v) is 5.74. The summed E-state index contributed by atoms with van der Waals surface area (Å²) in [5, 5.41) is 14.1. The number of benzene rings is 1. The highest BCUT2D eigenvalue weighted by Gasteiger charge is 2.19. The van der Waals surface area contributed by atoms with Crippen molar-refractivity contribution in [3.05, 3.63) is 46.0 Å². The summed E-state index contributed by atoms with van der Waals surface area (Å²) in [4.78, 5) is 23.1. The Bertz CT molecular complexity index is 563. The Morgan fingerprint density at radius 2 is 1.33 bits per heavy atom. The van der Waals surface area contributed by atoms with Gasteiger partial charge in [-0.15, -0.1) is 0 Å². The molecular formula is C25H42N2O3. The van der Waals surface area contributed by atoms with Gasteiger partial charge in [0.05, 0.1) is 0 Å². The smallest absolute Gasteiger partial charge is 0.251 e. The second-order valence-corrected chi connectivity index (χ2v) is 8.38. The number of nitrogens with one attached hydrogen (secondary N) is 1. The molecule has 1 aromatic rings. The van der Waals surface area contributed by atoms with Crippen molar-refractivity contribution in [1.29, 1.82) is 0 Å². The molecule has 1 N–H and O–H groups in total. The van der Waals surface area contributed by atoms with Gasteiger partial charge in [0.25, 0.3) is 5.91 Å². The van der Waals surface area contributed by atoms with Gasteiger partial charge in [0.15, 0.2) is 0 Å². The van der Waals surface area contributed by atoms with Gasteiger partial charge in [-0.25, -0.2) is 0 Å². The third kappa shape index (κ3) is 13.3. The van der Waals surface area contributed by atoms with Gasteiger partial charge >= 0.3 is 0 Å². The molecule has 1 amide bonds. The number of rotatable bonds is 19. The molecule has 5 nitrogen and oxygen atoms in total. The van der Waals surface area contributed by atoms with Gasteiger partial charge in [0, 0.05) is 29.9 Å². The van der Waals surface area contributed by atoms with Crippen molar-refractivity contribution in [3.63, 3.8) is 0 Å². The van der Waals surface area contributed by atoms with Crippen LogP contribution in [-0.4, -0.2) is 23.4 Å². The molecule has 0 aliphatic heterocycles. The van der Waals surface area contributed by atoms with E-state index in [0.717, 1.165) is 12.8 Å². The number of nitrogens with zero attached hydrogens (tertiary/aromatic N) is 1. The van der Waals surface area contributed by atoms with Crippen LogP contribution in [-0.2, 0) is 0 Å². The van der Waals surface area contributed by atoms with Gasteiger partial charge in [0.2, 0.25) is 6.04 Å². The highest BCUT2D eigenvalue weighted by molar-refractivity contribution is 5.94. The Kier molecular flexibility index (Phi) is 15.6. The lowest BCUT2D eigenvalue weighted by atomic mass is 10.0. The van der Waals surface area contributed by atoms with E-state index in [0.29, 0.717) is 24.9 Å².